The van der Waals surface area contributed by atoms with E-state index in [1.165, 1.54) is 6.20 Å². The molecule has 0 bridgehead atoms. The molecule has 0 unspecified atom stereocenters. The molecule has 1 amide bonds. The molecule has 142 valence electrons. The van der Waals surface area contributed by atoms with Gasteiger partial charge >= 0.3 is 12.4 Å². The number of rotatable bonds is 4. The highest BCUT2D eigenvalue weighted by atomic mass is 19.4. The molecule has 4 nitrogen and oxygen atoms in total. The molecule has 10 heteroatoms. The van der Waals surface area contributed by atoms with Crippen LogP contribution in [0, 0.1) is 5.92 Å². The first-order valence-electron chi connectivity index (χ1n) is 7.50. The van der Waals surface area contributed by atoms with Gasteiger partial charge in [0.05, 0.1) is 11.1 Å². The van der Waals surface area contributed by atoms with E-state index >= 15 is 0 Å². The number of amides is 1. The largest absolute Gasteiger partial charge is 0.416 e. The van der Waals surface area contributed by atoms with Crippen molar-refractivity contribution in [2.45, 2.75) is 32.7 Å². The van der Waals surface area contributed by atoms with Crippen LogP contribution >= 0.6 is 0 Å². The van der Waals surface area contributed by atoms with Crippen molar-refractivity contribution in [2.24, 2.45) is 5.92 Å². The molecule has 0 saturated heterocycles. The normalized spacial score (nSPS) is 12.5. The second-order valence-corrected chi connectivity index (χ2v) is 6.05. The van der Waals surface area contributed by atoms with Crippen LogP contribution in [0.15, 0.2) is 30.6 Å². The first-order chi connectivity index (χ1) is 11.9. The maximum atomic E-state index is 12.9. The third-order valence-corrected chi connectivity index (χ3v) is 3.35. The molecule has 2 rings (SSSR count). The molecule has 1 N–H and O–H groups in total. The molecule has 1 heterocycles. The predicted octanol–water partition coefficient (Wildman–Crippen LogP) is 4.83. The van der Waals surface area contributed by atoms with Crippen LogP contribution in [0.4, 0.5) is 32.3 Å². The standard InChI is InChI=1S/C16H15F6N3O/c1-9(2)8-25-4-3-23-14(25)24-13(26)10-5-11(15(17,18)19)7-12(6-10)16(20,21)22/h3-7,9H,8H2,1-2H3,(H,23,24,26). The van der Waals surface area contributed by atoms with E-state index in [2.05, 4.69) is 10.3 Å². The molecule has 2 aromatic rings. The molecule has 0 spiro atoms. The van der Waals surface area contributed by atoms with Gasteiger partial charge in [0.1, 0.15) is 0 Å². The molecular weight excluding hydrogens is 364 g/mol. The second kappa shape index (κ2) is 7.00. The van der Waals surface area contributed by atoms with Gasteiger partial charge in [-0.15, -0.1) is 0 Å². The van der Waals surface area contributed by atoms with Crippen molar-refractivity contribution < 1.29 is 31.1 Å². The van der Waals surface area contributed by atoms with E-state index in [0.717, 1.165) is 0 Å². The van der Waals surface area contributed by atoms with Crippen LogP contribution in [0.5, 0.6) is 0 Å². The summed E-state index contributed by atoms with van der Waals surface area (Å²) in [6, 6.07) is 0.719. The smallest absolute Gasteiger partial charge is 0.317 e. The number of imidazole rings is 1. The predicted molar refractivity (Wildman–Crippen MR) is 81.5 cm³/mol. The molecule has 0 aliphatic carbocycles. The van der Waals surface area contributed by atoms with E-state index in [0.29, 0.717) is 18.7 Å². The quantitative estimate of drug-likeness (QED) is 0.774. The first kappa shape index (κ1) is 19.8. The molecule has 0 radical (unpaired) electrons. The lowest BCUT2D eigenvalue weighted by Crippen LogP contribution is -2.19. The molecule has 0 aliphatic heterocycles. The van der Waals surface area contributed by atoms with Gasteiger partial charge in [0.15, 0.2) is 0 Å². The summed E-state index contributed by atoms with van der Waals surface area (Å²) in [6.07, 6.45) is -7.13. The van der Waals surface area contributed by atoms with Crippen LogP contribution < -0.4 is 5.32 Å². The lowest BCUT2D eigenvalue weighted by atomic mass is 10.0. The van der Waals surface area contributed by atoms with Crippen molar-refractivity contribution in [1.29, 1.82) is 0 Å². The Labute approximate surface area is 144 Å². The zero-order valence-electron chi connectivity index (χ0n) is 13.7. The van der Waals surface area contributed by atoms with Crippen molar-refractivity contribution in [1.82, 2.24) is 9.55 Å². The molecule has 26 heavy (non-hydrogen) atoms. The third-order valence-electron chi connectivity index (χ3n) is 3.35. The van der Waals surface area contributed by atoms with E-state index in [-0.39, 0.29) is 17.9 Å². The Kier molecular flexibility index (Phi) is 5.33. The Morgan fingerprint density at radius 3 is 2.08 bits per heavy atom. The number of nitrogens with one attached hydrogen (secondary N) is 1. The van der Waals surface area contributed by atoms with Crippen LogP contribution in [0.2, 0.25) is 0 Å². The minimum absolute atomic E-state index is 0.0313. The zero-order chi connectivity index (χ0) is 19.7. The zero-order valence-corrected chi connectivity index (χ0v) is 13.7. The average Bonchev–Trinajstić information content (AvgIpc) is 2.91. The summed E-state index contributed by atoms with van der Waals surface area (Å²) in [4.78, 5) is 16.1. The number of nitrogens with zero attached hydrogens (tertiary/aromatic N) is 2. The topological polar surface area (TPSA) is 46.9 Å². The van der Waals surface area contributed by atoms with Crippen molar-refractivity contribution in [3.8, 4) is 0 Å². The van der Waals surface area contributed by atoms with Crippen molar-refractivity contribution in [3.63, 3.8) is 0 Å². The van der Waals surface area contributed by atoms with E-state index in [9.17, 15) is 31.1 Å². The van der Waals surface area contributed by atoms with Crippen LogP contribution in [0.1, 0.15) is 35.3 Å². The first-order valence-corrected chi connectivity index (χ1v) is 7.50. The van der Waals surface area contributed by atoms with E-state index in [4.69, 9.17) is 0 Å². The van der Waals surface area contributed by atoms with Gasteiger partial charge in [-0.05, 0) is 24.1 Å². The third kappa shape index (κ3) is 4.77. The van der Waals surface area contributed by atoms with E-state index in [1.807, 2.05) is 13.8 Å². The summed E-state index contributed by atoms with van der Waals surface area (Å²) in [5.41, 5.74) is -3.86. The molecule has 0 atom stereocenters. The number of hydrogen-bond acceptors (Lipinski definition) is 2. The number of benzene rings is 1. The van der Waals surface area contributed by atoms with Crippen LogP contribution in [0.25, 0.3) is 0 Å². The second-order valence-electron chi connectivity index (χ2n) is 6.05. The minimum Gasteiger partial charge on any atom is -0.317 e. The van der Waals surface area contributed by atoms with Gasteiger partial charge in [-0.25, -0.2) is 4.98 Å². The summed E-state index contributed by atoms with van der Waals surface area (Å²) in [7, 11) is 0. The fourth-order valence-electron chi connectivity index (χ4n) is 2.23. The van der Waals surface area contributed by atoms with Gasteiger partial charge in [-0.3, -0.25) is 10.1 Å². The van der Waals surface area contributed by atoms with Gasteiger partial charge in [-0.2, -0.15) is 26.3 Å². The summed E-state index contributed by atoms with van der Waals surface area (Å²) < 4.78 is 78.8. The number of halogens is 6. The molecular formula is C16H15F6N3O. The summed E-state index contributed by atoms with van der Waals surface area (Å²) in [5, 5.41) is 2.25. The number of anilines is 1. The number of alkyl halides is 6. The number of carbonyl (C=O) groups is 1. The summed E-state index contributed by atoms with van der Waals surface area (Å²) >= 11 is 0. The van der Waals surface area contributed by atoms with Gasteiger partial charge in [-0.1, -0.05) is 13.8 Å². The number of aromatic nitrogens is 2. The van der Waals surface area contributed by atoms with Gasteiger partial charge < -0.3 is 4.57 Å². The Hall–Kier alpha value is -2.52. The maximum Gasteiger partial charge on any atom is 0.416 e. The Morgan fingerprint density at radius 1 is 1.08 bits per heavy atom. The monoisotopic (exact) mass is 379 g/mol. The van der Waals surface area contributed by atoms with E-state index < -0.39 is 35.0 Å². The van der Waals surface area contributed by atoms with Crippen molar-refractivity contribution in [3.05, 3.63) is 47.3 Å². The SMILES string of the molecule is CC(C)Cn1ccnc1NC(=O)c1cc(C(F)(F)F)cc(C(F)(F)F)c1. The Balaban J connectivity index is 2.38. The molecule has 1 aromatic carbocycles. The lowest BCUT2D eigenvalue weighted by molar-refractivity contribution is -0.143. The Morgan fingerprint density at radius 2 is 1.62 bits per heavy atom. The fourth-order valence-corrected chi connectivity index (χ4v) is 2.23. The molecule has 0 saturated carbocycles. The fraction of sp³-hybridized carbons (Fsp3) is 0.375. The molecule has 0 fully saturated rings. The van der Waals surface area contributed by atoms with Gasteiger partial charge in [0, 0.05) is 24.5 Å². The van der Waals surface area contributed by atoms with Gasteiger partial charge in [0.2, 0.25) is 5.95 Å². The summed E-state index contributed by atoms with van der Waals surface area (Å²) in [6.45, 7) is 4.26. The van der Waals surface area contributed by atoms with Crippen LogP contribution in [-0.2, 0) is 18.9 Å². The highest BCUT2D eigenvalue weighted by molar-refractivity contribution is 6.03. The highest BCUT2D eigenvalue weighted by Crippen LogP contribution is 2.36. The maximum absolute atomic E-state index is 12.9. The van der Waals surface area contributed by atoms with Crippen LogP contribution in [-0.4, -0.2) is 15.5 Å². The molecule has 0 aliphatic rings. The van der Waals surface area contributed by atoms with Gasteiger partial charge in [0.25, 0.3) is 5.91 Å². The highest BCUT2D eigenvalue weighted by Gasteiger charge is 2.37. The summed E-state index contributed by atoms with van der Waals surface area (Å²) in [5.74, 6) is -0.891. The number of carbonyl (C=O) groups excluding carboxylic acids is 1. The lowest BCUT2D eigenvalue weighted by Gasteiger charge is -2.15. The van der Waals surface area contributed by atoms with E-state index in [1.54, 1.807) is 10.8 Å². The minimum atomic E-state index is -5.02. The molecule has 1 aromatic heterocycles. The number of hydrogen-bond donors (Lipinski definition) is 1. The van der Waals surface area contributed by atoms with Crippen molar-refractivity contribution >= 4 is 11.9 Å². The average molecular weight is 379 g/mol. The van der Waals surface area contributed by atoms with Crippen molar-refractivity contribution in [2.75, 3.05) is 5.32 Å². The Bertz CT molecular complexity index is 760. The van der Waals surface area contributed by atoms with Crippen LogP contribution in [0.3, 0.4) is 0 Å².